The second-order valence-corrected chi connectivity index (χ2v) is 26.9. The summed E-state index contributed by atoms with van der Waals surface area (Å²) in [4.78, 5) is 37.3. The largest absolute Gasteiger partial charge is 0.459 e. The van der Waals surface area contributed by atoms with Gasteiger partial charge < -0.3 is 60.5 Å². The minimum absolute atomic E-state index is 0. The summed E-state index contributed by atoms with van der Waals surface area (Å²) in [5, 5.41) is 33.0. The SMILES string of the molecule is COC(=O)C#Cc1ccccc1.COC(O)CC(O)c1ccccc1.O.O.[Ir].[Ir].[Ir].[c-]1ccccc1-c1nccc2ccccc12.[c-]1ccccc1-c1nccc2ccccc12.[c-]1ccccc1-c1nccc2ccccc12.[c-]1ccccc1-c1nccc2ccccc12.[c-]1ccccc1-c1nccc2ccccc12.[c-]1ccccc1-c1nccc2ccccc12. The van der Waals surface area contributed by atoms with Crippen molar-refractivity contribution in [2.75, 3.05) is 14.2 Å². The van der Waals surface area contributed by atoms with E-state index >= 15 is 0 Å². The van der Waals surface area contributed by atoms with Gasteiger partial charge in [0.1, 0.15) is 0 Å². The number of aliphatic hydroxyl groups excluding tert-OH is 2. The monoisotopic (exact) mass is 2180 g/mol. The van der Waals surface area contributed by atoms with Crippen molar-refractivity contribution in [2.24, 2.45) is 0 Å². The minimum atomic E-state index is -0.907. The summed E-state index contributed by atoms with van der Waals surface area (Å²) in [6.07, 6.45) is 9.69. The molecule has 0 aliphatic rings. The summed E-state index contributed by atoms with van der Waals surface area (Å²) < 4.78 is 9.00. The first-order valence-electron chi connectivity index (χ1n) is 39.2. The van der Waals surface area contributed by atoms with E-state index in [0.29, 0.717) is 0 Å². The molecule has 0 spiro atoms. The minimum Gasteiger partial charge on any atom is -0.459 e. The molecule has 631 valence electrons. The topological polar surface area (TPSA) is 216 Å². The zero-order chi connectivity index (χ0) is 83.3. The number of hydrogen-bond donors (Lipinski definition) is 2. The average Bonchev–Trinajstić information content (AvgIpc) is 0.837. The Morgan fingerprint density at radius 2 is 0.508 bits per heavy atom. The third-order valence-corrected chi connectivity index (χ3v) is 19.0. The van der Waals surface area contributed by atoms with Crippen LogP contribution in [0.25, 0.3) is 132 Å². The van der Waals surface area contributed by atoms with Gasteiger partial charge in [0, 0.05) is 123 Å². The molecule has 6 aromatic heterocycles. The van der Waals surface area contributed by atoms with Crippen molar-refractivity contribution in [2.45, 2.75) is 18.8 Å². The third-order valence-electron chi connectivity index (χ3n) is 19.0. The molecule has 14 aromatic carbocycles. The molecule has 2 unspecified atom stereocenters. The van der Waals surface area contributed by atoms with Crippen molar-refractivity contribution in [3.63, 3.8) is 0 Å². The molecule has 0 fully saturated rings. The molecule has 6 N–H and O–H groups in total. The van der Waals surface area contributed by atoms with Crippen LogP contribution in [0.15, 0.2) is 425 Å². The van der Waals surface area contributed by atoms with Crippen LogP contribution in [0.5, 0.6) is 0 Å². The van der Waals surface area contributed by atoms with Crippen LogP contribution in [0.3, 0.4) is 0 Å². The Morgan fingerprint density at radius 3 is 0.722 bits per heavy atom. The van der Waals surface area contributed by atoms with Gasteiger partial charge >= 0.3 is 5.97 Å². The number of methoxy groups -OCH3 is 2. The maximum Gasteiger partial charge on any atom is 0.384 e. The Labute approximate surface area is 775 Å². The van der Waals surface area contributed by atoms with Crippen molar-refractivity contribution in [1.29, 1.82) is 0 Å². The van der Waals surface area contributed by atoms with Gasteiger partial charge in [-0.2, -0.15) is 0 Å². The van der Waals surface area contributed by atoms with E-state index < -0.39 is 18.4 Å². The van der Waals surface area contributed by atoms with Crippen molar-refractivity contribution in [1.82, 2.24) is 29.9 Å². The zero-order valence-corrected chi connectivity index (χ0v) is 75.8. The van der Waals surface area contributed by atoms with Crippen LogP contribution >= 0.6 is 0 Å². The van der Waals surface area contributed by atoms with Gasteiger partial charge in [0.15, 0.2) is 6.29 Å². The molecule has 0 amide bonds. The van der Waals surface area contributed by atoms with Crippen LogP contribution < -0.4 is 0 Å². The number of rotatable bonds is 10. The predicted molar refractivity (Wildman–Crippen MR) is 498 cm³/mol. The normalized spacial score (nSPS) is 10.3. The van der Waals surface area contributed by atoms with Crippen LogP contribution in [0.2, 0.25) is 0 Å². The predicted octanol–water partition coefficient (Wildman–Crippen LogP) is 22.8. The molecule has 0 saturated carbocycles. The molecule has 2 atom stereocenters. The van der Waals surface area contributed by atoms with E-state index in [2.05, 4.69) is 160 Å². The molecule has 16 heteroatoms. The molecule has 0 saturated heterocycles. The zero-order valence-electron chi connectivity index (χ0n) is 68.6. The molecule has 3 radical (unpaired) electrons. The van der Waals surface area contributed by atoms with Crippen LogP contribution in [0, 0.1) is 48.2 Å². The molecule has 0 aliphatic carbocycles. The van der Waals surface area contributed by atoms with Crippen molar-refractivity contribution < 1.29 is 95.7 Å². The first-order chi connectivity index (χ1) is 59.8. The summed E-state index contributed by atoms with van der Waals surface area (Å²) in [6, 6.07) is 147. The van der Waals surface area contributed by atoms with Gasteiger partial charge in [-0.15, -0.1) is 215 Å². The Balaban J connectivity index is 0.000000178. The van der Waals surface area contributed by atoms with Crippen LogP contribution in [-0.2, 0) is 74.6 Å². The Bertz CT molecular complexity index is 5760. The maximum atomic E-state index is 10.6. The van der Waals surface area contributed by atoms with Crippen molar-refractivity contribution >= 4 is 70.6 Å². The summed E-state index contributed by atoms with van der Waals surface area (Å²) in [6.45, 7) is 0. The summed E-state index contributed by atoms with van der Waals surface area (Å²) in [5.74, 6) is 4.49. The number of hydrogen-bond acceptors (Lipinski definition) is 11. The van der Waals surface area contributed by atoms with E-state index in [1.54, 1.807) is 0 Å². The first-order valence-corrected chi connectivity index (χ1v) is 39.2. The smallest absolute Gasteiger partial charge is 0.384 e. The summed E-state index contributed by atoms with van der Waals surface area (Å²) in [7, 11) is 2.71. The van der Waals surface area contributed by atoms with E-state index in [1.807, 2.05) is 353 Å². The van der Waals surface area contributed by atoms with Crippen LogP contribution in [0.1, 0.15) is 23.7 Å². The van der Waals surface area contributed by atoms with Gasteiger partial charge in [-0.3, -0.25) is 0 Å². The third kappa shape index (κ3) is 27.9. The Morgan fingerprint density at radius 1 is 0.294 bits per heavy atom. The van der Waals surface area contributed by atoms with Crippen LogP contribution in [-0.4, -0.2) is 77.5 Å². The number of benzene rings is 14. The van der Waals surface area contributed by atoms with Gasteiger partial charge in [0.25, 0.3) is 0 Å². The van der Waals surface area contributed by atoms with Crippen molar-refractivity contribution in [3.8, 4) is 79.4 Å². The van der Waals surface area contributed by atoms with Gasteiger partial charge in [0.2, 0.25) is 0 Å². The second kappa shape index (κ2) is 52.7. The fraction of sp³-hybridized carbons (Fsp3) is 0.0455. The molecule has 126 heavy (non-hydrogen) atoms. The number of aromatic nitrogens is 6. The number of carbonyl (C=O) groups is 1. The van der Waals surface area contributed by atoms with E-state index in [-0.39, 0.29) is 77.7 Å². The van der Waals surface area contributed by atoms with E-state index in [0.717, 1.165) is 78.7 Å². The molecule has 6 heterocycles. The Hall–Kier alpha value is -13.7. The van der Waals surface area contributed by atoms with Gasteiger partial charge in [0.05, 0.1) is 13.2 Å². The maximum absolute atomic E-state index is 10.6. The summed E-state index contributed by atoms with van der Waals surface area (Å²) in [5.41, 5.74) is 13.8. The quantitative estimate of drug-likeness (QED) is 0.0568. The number of nitrogens with zero attached hydrogens (tertiary/aromatic N) is 6. The number of esters is 1. The summed E-state index contributed by atoms with van der Waals surface area (Å²) >= 11 is 0. The second-order valence-electron chi connectivity index (χ2n) is 26.9. The molecule has 20 rings (SSSR count). The molecule has 13 nitrogen and oxygen atoms in total. The fourth-order valence-electron chi connectivity index (χ4n) is 13.0. The number of aliphatic hydroxyl groups is 2. The fourth-order valence-corrected chi connectivity index (χ4v) is 13.0. The molecule has 0 bridgehead atoms. The van der Waals surface area contributed by atoms with Crippen molar-refractivity contribution in [3.05, 3.63) is 473 Å². The van der Waals surface area contributed by atoms with Gasteiger partial charge in [-0.25, -0.2) is 4.79 Å². The number of pyridine rings is 6. The number of carbonyl (C=O) groups excluding carboxylic acids is 1. The standard InChI is InChI=1S/6C15H10N.C10H14O3.C10H8O2.3Ir.2H2O/c6*1-2-7-13(8-3-1)15-14-9-5-4-6-12(14)10-11-16-15;1-13-10(12)7-9(11)8-5-3-2-4-6-8;1-12-10(11)8-7-9-5-3-2-4-6-9;;;;;/h6*1-7,9-11H;2-6,9-12H,7H2,1H3;2-6H,1H3;;;;2*1H2/q6*-1;;;;;;;. The molecular formula is C110H86Ir3N6O7-6. The van der Waals surface area contributed by atoms with Crippen LogP contribution in [0.4, 0.5) is 0 Å². The molecule has 20 aromatic rings. The number of ether oxygens (including phenoxy) is 2. The van der Waals surface area contributed by atoms with Gasteiger partial charge in [-0.05, 0) is 153 Å². The van der Waals surface area contributed by atoms with E-state index in [1.165, 1.54) is 78.9 Å². The number of fused-ring (bicyclic) bond motifs is 6. The van der Waals surface area contributed by atoms with E-state index in [9.17, 15) is 9.90 Å². The van der Waals surface area contributed by atoms with E-state index in [4.69, 9.17) is 5.11 Å². The average molecular weight is 2180 g/mol. The van der Waals surface area contributed by atoms with Gasteiger partial charge in [-0.1, -0.05) is 200 Å². The molecular weight excluding hydrogens is 2090 g/mol. The first kappa shape index (κ1) is 97.8. The Kier molecular flexibility index (Phi) is 40.9. The molecule has 0 aliphatic heterocycles.